The number of hydrogen-bond acceptors (Lipinski definition) is 8. The first kappa shape index (κ1) is 24.3. The number of ether oxygens (including phenoxy) is 2. The van der Waals surface area contributed by atoms with E-state index < -0.39 is 23.1 Å². The topological polar surface area (TPSA) is 132 Å². The van der Waals surface area contributed by atoms with Gasteiger partial charge in [-0.2, -0.15) is 4.99 Å². The molecule has 0 aliphatic rings. The Kier molecular flexibility index (Phi) is 6.80. The maximum atomic E-state index is 12.9. The first-order valence-corrected chi connectivity index (χ1v) is 11.6. The summed E-state index contributed by atoms with van der Waals surface area (Å²) in [4.78, 5) is 58.5. The summed E-state index contributed by atoms with van der Waals surface area (Å²) in [5.74, 6) is -0.969. The number of rotatable bonds is 7. The standard InChI is InChI=1S/C22H24N6O6S/c1-5-34-9-8-28-14-7-6-13(20(31)33-4)10-15(14)35-21(28)24-16(29)11-27-12-23-18-17(27)19(30)26(3)22(32)25(18)2/h6-7,10,12H,5,8-9,11H2,1-4H3. The maximum Gasteiger partial charge on any atom is 0.337 e. The van der Waals surface area contributed by atoms with E-state index in [0.29, 0.717) is 30.1 Å². The summed E-state index contributed by atoms with van der Waals surface area (Å²) in [6.45, 7) is 3.07. The molecule has 0 bridgehead atoms. The molecule has 4 rings (SSSR count). The molecule has 0 spiro atoms. The lowest BCUT2D eigenvalue weighted by Crippen LogP contribution is -2.37. The first-order valence-electron chi connectivity index (χ1n) is 10.7. The number of benzene rings is 1. The van der Waals surface area contributed by atoms with Crippen molar-refractivity contribution in [1.29, 1.82) is 0 Å². The Balaban J connectivity index is 1.76. The fourth-order valence-corrected chi connectivity index (χ4v) is 4.84. The molecule has 35 heavy (non-hydrogen) atoms. The van der Waals surface area contributed by atoms with Crippen molar-refractivity contribution in [2.75, 3.05) is 20.3 Å². The van der Waals surface area contributed by atoms with Gasteiger partial charge in [0.25, 0.3) is 11.5 Å². The molecule has 3 aromatic heterocycles. The highest BCUT2D eigenvalue weighted by Crippen LogP contribution is 2.20. The van der Waals surface area contributed by atoms with Crippen molar-refractivity contribution in [2.45, 2.75) is 20.0 Å². The summed E-state index contributed by atoms with van der Waals surface area (Å²) in [5.41, 5.74) is 0.470. The van der Waals surface area contributed by atoms with Gasteiger partial charge in [-0.3, -0.25) is 18.7 Å². The van der Waals surface area contributed by atoms with Gasteiger partial charge in [0, 0.05) is 27.2 Å². The highest BCUT2D eigenvalue weighted by molar-refractivity contribution is 7.16. The van der Waals surface area contributed by atoms with Crippen LogP contribution >= 0.6 is 11.3 Å². The number of imidazole rings is 1. The normalized spacial score (nSPS) is 12.1. The Morgan fingerprint density at radius 1 is 1.17 bits per heavy atom. The number of aryl methyl sites for hydroxylation is 1. The second kappa shape index (κ2) is 9.80. The van der Waals surface area contributed by atoms with E-state index in [1.807, 2.05) is 11.5 Å². The number of carbonyl (C=O) groups is 2. The quantitative estimate of drug-likeness (QED) is 0.265. The number of carbonyl (C=O) groups excluding carboxylic acids is 2. The number of thiazole rings is 1. The van der Waals surface area contributed by atoms with Crippen molar-refractivity contribution >= 4 is 44.6 Å². The molecule has 0 aliphatic carbocycles. The third-order valence-electron chi connectivity index (χ3n) is 5.51. The third-order valence-corrected chi connectivity index (χ3v) is 6.55. The molecule has 0 aliphatic heterocycles. The Morgan fingerprint density at radius 2 is 1.94 bits per heavy atom. The Morgan fingerprint density at radius 3 is 2.66 bits per heavy atom. The lowest BCUT2D eigenvalue weighted by atomic mass is 10.2. The SMILES string of the molecule is CCOCCn1c(=NC(=O)Cn2cnc3c2c(=O)n(C)c(=O)n3C)sc2cc(C(=O)OC)ccc21. The number of methoxy groups -OCH3 is 1. The Labute approximate surface area is 202 Å². The van der Waals surface area contributed by atoms with Crippen LogP contribution in [0.2, 0.25) is 0 Å². The van der Waals surface area contributed by atoms with Crippen molar-refractivity contribution < 1.29 is 19.1 Å². The minimum atomic E-state index is -0.544. The second-order valence-corrected chi connectivity index (χ2v) is 8.67. The Bertz CT molecular complexity index is 1640. The van der Waals surface area contributed by atoms with Crippen LogP contribution in [0.1, 0.15) is 17.3 Å². The van der Waals surface area contributed by atoms with Gasteiger partial charge in [-0.1, -0.05) is 11.3 Å². The summed E-state index contributed by atoms with van der Waals surface area (Å²) >= 11 is 1.25. The van der Waals surface area contributed by atoms with E-state index in [0.717, 1.165) is 14.8 Å². The molecule has 0 atom stereocenters. The van der Waals surface area contributed by atoms with E-state index in [-0.39, 0.29) is 17.7 Å². The molecule has 3 heterocycles. The maximum absolute atomic E-state index is 12.9. The summed E-state index contributed by atoms with van der Waals surface area (Å²) in [5, 5.41) is 0. The molecule has 0 saturated carbocycles. The molecule has 4 aromatic rings. The van der Waals surface area contributed by atoms with E-state index in [2.05, 4.69) is 9.98 Å². The molecule has 1 aromatic carbocycles. The number of esters is 1. The van der Waals surface area contributed by atoms with Gasteiger partial charge in [0.05, 0.1) is 35.8 Å². The zero-order valence-electron chi connectivity index (χ0n) is 19.7. The van der Waals surface area contributed by atoms with E-state index in [1.54, 1.807) is 18.2 Å². The molecule has 1 amide bonds. The zero-order valence-corrected chi connectivity index (χ0v) is 20.5. The average molecular weight is 501 g/mol. The summed E-state index contributed by atoms with van der Waals surface area (Å²) < 4.78 is 16.5. The van der Waals surface area contributed by atoms with Crippen molar-refractivity contribution in [3.05, 3.63) is 55.7 Å². The Hall–Kier alpha value is -3.84. The minimum absolute atomic E-state index is 0.140. The smallest absolute Gasteiger partial charge is 0.337 e. The summed E-state index contributed by atoms with van der Waals surface area (Å²) in [6.07, 6.45) is 1.34. The van der Waals surface area contributed by atoms with Gasteiger partial charge in [0.2, 0.25) is 0 Å². The van der Waals surface area contributed by atoms with Gasteiger partial charge >= 0.3 is 11.7 Å². The predicted octanol–water partition coefficient (Wildman–Crippen LogP) is 0.401. The molecule has 184 valence electrons. The number of hydrogen-bond donors (Lipinski definition) is 0. The van der Waals surface area contributed by atoms with Crippen LogP contribution in [0.15, 0.2) is 39.1 Å². The number of fused-ring (bicyclic) bond motifs is 2. The van der Waals surface area contributed by atoms with Crippen LogP contribution in [0.4, 0.5) is 0 Å². The van der Waals surface area contributed by atoms with Crippen LogP contribution in [-0.2, 0) is 41.5 Å². The van der Waals surface area contributed by atoms with E-state index in [9.17, 15) is 19.2 Å². The third kappa shape index (κ3) is 4.47. The van der Waals surface area contributed by atoms with Gasteiger partial charge in [0.1, 0.15) is 6.54 Å². The van der Waals surface area contributed by atoms with E-state index in [1.165, 1.54) is 48.0 Å². The van der Waals surface area contributed by atoms with Crippen LogP contribution in [0.5, 0.6) is 0 Å². The molecule has 0 radical (unpaired) electrons. The van der Waals surface area contributed by atoms with E-state index >= 15 is 0 Å². The van der Waals surface area contributed by atoms with Crippen LogP contribution < -0.4 is 16.1 Å². The number of aromatic nitrogens is 5. The van der Waals surface area contributed by atoms with Gasteiger partial charge in [-0.15, -0.1) is 0 Å². The predicted molar refractivity (Wildman–Crippen MR) is 128 cm³/mol. The lowest BCUT2D eigenvalue weighted by molar-refractivity contribution is -0.118. The first-order chi connectivity index (χ1) is 16.8. The van der Waals surface area contributed by atoms with Crippen LogP contribution in [-0.4, -0.2) is 55.5 Å². The highest BCUT2D eigenvalue weighted by Gasteiger charge is 2.17. The van der Waals surface area contributed by atoms with Gasteiger partial charge < -0.3 is 18.6 Å². The molecule has 0 fully saturated rings. The van der Waals surface area contributed by atoms with Crippen LogP contribution in [0.25, 0.3) is 21.4 Å². The fraction of sp³-hybridized carbons (Fsp3) is 0.364. The van der Waals surface area contributed by atoms with Crippen molar-refractivity contribution in [3.63, 3.8) is 0 Å². The molecular weight excluding hydrogens is 476 g/mol. The van der Waals surface area contributed by atoms with Crippen molar-refractivity contribution in [1.82, 2.24) is 23.3 Å². The van der Waals surface area contributed by atoms with Crippen LogP contribution in [0.3, 0.4) is 0 Å². The van der Waals surface area contributed by atoms with Crippen molar-refractivity contribution in [2.24, 2.45) is 19.1 Å². The molecule has 0 unspecified atom stereocenters. The molecular formula is C22H24N6O6S. The molecule has 0 saturated heterocycles. The molecule has 13 heteroatoms. The second-order valence-electron chi connectivity index (χ2n) is 7.66. The number of nitrogens with zero attached hydrogens (tertiary/aromatic N) is 6. The van der Waals surface area contributed by atoms with E-state index in [4.69, 9.17) is 9.47 Å². The minimum Gasteiger partial charge on any atom is -0.465 e. The van der Waals surface area contributed by atoms with Gasteiger partial charge in [-0.25, -0.2) is 14.6 Å². The zero-order chi connectivity index (χ0) is 25.3. The average Bonchev–Trinajstić information content (AvgIpc) is 3.41. The van der Waals surface area contributed by atoms with Crippen molar-refractivity contribution in [3.8, 4) is 0 Å². The monoisotopic (exact) mass is 500 g/mol. The summed E-state index contributed by atoms with van der Waals surface area (Å²) in [7, 11) is 4.19. The van der Waals surface area contributed by atoms with Gasteiger partial charge in [-0.05, 0) is 25.1 Å². The lowest BCUT2D eigenvalue weighted by Gasteiger charge is -2.06. The molecule has 12 nitrogen and oxygen atoms in total. The molecule has 0 N–H and O–H groups in total. The summed E-state index contributed by atoms with van der Waals surface area (Å²) in [6, 6.07) is 5.13. The largest absolute Gasteiger partial charge is 0.465 e. The highest BCUT2D eigenvalue weighted by atomic mass is 32.1. The number of amides is 1. The fourth-order valence-electron chi connectivity index (χ4n) is 3.72. The van der Waals surface area contributed by atoms with Crippen LogP contribution in [0, 0.1) is 0 Å². The van der Waals surface area contributed by atoms with Gasteiger partial charge in [0.15, 0.2) is 16.0 Å².